The normalized spacial score (nSPS) is 18.2. The van der Waals surface area contributed by atoms with Crippen LogP contribution in [0.3, 0.4) is 0 Å². The van der Waals surface area contributed by atoms with Crippen molar-refractivity contribution in [1.82, 2.24) is 4.90 Å². The summed E-state index contributed by atoms with van der Waals surface area (Å²) in [5, 5.41) is 0. The summed E-state index contributed by atoms with van der Waals surface area (Å²) in [5.74, 6) is 6.52. The summed E-state index contributed by atoms with van der Waals surface area (Å²) in [6.07, 6.45) is 2.64. The van der Waals surface area contributed by atoms with Crippen LogP contribution in [0.15, 0.2) is 60.7 Å². The Hall–Kier alpha value is -2.57. The van der Waals surface area contributed by atoms with Gasteiger partial charge in [-0.3, -0.25) is 9.69 Å². The molecule has 25 heavy (non-hydrogen) atoms. The van der Waals surface area contributed by atoms with Crippen molar-refractivity contribution in [2.24, 2.45) is 0 Å². The van der Waals surface area contributed by atoms with E-state index in [0.29, 0.717) is 0 Å². The van der Waals surface area contributed by atoms with Gasteiger partial charge in [-0.15, -0.1) is 0 Å². The van der Waals surface area contributed by atoms with Crippen LogP contribution in [0.4, 0.5) is 0 Å². The molecule has 0 saturated carbocycles. The summed E-state index contributed by atoms with van der Waals surface area (Å²) in [5.41, 5.74) is 2.22. The van der Waals surface area contributed by atoms with Crippen LogP contribution in [-0.2, 0) is 16.0 Å². The van der Waals surface area contributed by atoms with E-state index >= 15 is 0 Å². The van der Waals surface area contributed by atoms with E-state index in [0.717, 1.165) is 31.4 Å². The van der Waals surface area contributed by atoms with Crippen molar-refractivity contribution < 1.29 is 9.53 Å². The maximum Gasteiger partial charge on any atom is 0.323 e. The van der Waals surface area contributed by atoms with Crippen LogP contribution in [0.25, 0.3) is 0 Å². The van der Waals surface area contributed by atoms with Gasteiger partial charge in [0.1, 0.15) is 6.04 Å². The molecular formula is C22H23NO2. The first-order chi connectivity index (χ1) is 12.3. The SMILES string of the molecule is COC(=O)C1CCCN1C(C#Cc1ccccc1)Cc1ccccc1. The maximum atomic E-state index is 12.1. The third-order valence-corrected chi connectivity index (χ3v) is 4.60. The highest BCUT2D eigenvalue weighted by molar-refractivity contribution is 5.76. The van der Waals surface area contributed by atoms with Gasteiger partial charge in [-0.2, -0.15) is 0 Å². The molecule has 0 spiro atoms. The third-order valence-electron chi connectivity index (χ3n) is 4.60. The zero-order valence-corrected chi connectivity index (χ0v) is 14.5. The monoisotopic (exact) mass is 333 g/mol. The van der Waals surface area contributed by atoms with Gasteiger partial charge in [0, 0.05) is 12.1 Å². The summed E-state index contributed by atoms with van der Waals surface area (Å²) < 4.78 is 5.00. The fraction of sp³-hybridized carbons (Fsp3) is 0.318. The van der Waals surface area contributed by atoms with Gasteiger partial charge in [0.2, 0.25) is 0 Å². The van der Waals surface area contributed by atoms with E-state index in [9.17, 15) is 4.79 Å². The quantitative estimate of drug-likeness (QED) is 0.635. The zero-order valence-electron chi connectivity index (χ0n) is 14.5. The molecule has 128 valence electrons. The number of carbonyl (C=O) groups excluding carboxylic acids is 1. The molecule has 0 aromatic heterocycles. The molecule has 0 N–H and O–H groups in total. The van der Waals surface area contributed by atoms with Crippen molar-refractivity contribution in [2.45, 2.75) is 31.3 Å². The van der Waals surface area contributed by atoms with E-state index in [1.54, 1.807) is 0 Å². The van der Waals surface area contributed by atoms with E-state index in [4.69, 9.17) is 4.74 Å². The first-order valence-electron chi connectivity index (χ1n) is 8.72. The minimum atomic E-state index is -0.191. The number of hydrogen-bond donors (Lipinski definition) is 0. The predicted molar refractivity (Wildman–Crippen MR) is 99.0 cm³/mol. The van der Waals surface area contributed by atoms with Crippen LogP contribution in [0.5, 0.6) is 0 Å². The highest BCUT2D eigenvalue weighted by atomic mass is 16.5. The van der Waals surface area contributed by atoms with E-state index in [1.807, 2.05) is 48.5 Å². The van der Waals surface area contributed by atoms with Gasteiger partial charge >= 0.3 is 5.97 Å². The van der Waals surface area contributed by atoms with Crippen LogP contribution in [0.1, 0.15) is 24.0 Å². The average Bonchev–Trinajstić information content (AvgIpc) is 3.16. The molecule has 0 bridgehead atoms. The first kappa shape index (κ1) is 17.3. The number of methoxy groups -OCH3 is 1. The lowest BCUT2D eigenvalue weighted by Crippen LogP contribution is -2.44. The Morgan fingerprint density at radius 1 is 1.16 bits per heavy atom. The van der Waals surface area contributed by atoms with Crippen LogP contribution >= 0.6 is 0 Å². The number of esters is 1. The standard InChI is InChI=1S/C22H23NO2/c1-25-22(24)21-13-8-16-23(21)20(17-19-11-6-3-7-12-19)15-14-18-9-4-2-5-10-18/h2-7,9-12,20-21H,8,13,16-17H2,1H3. The third kappa shape index (κ3) is 4.49. The average molecular weight is 333 g/mol. The summed E-state index contributed by atoms with van der Waals surface area (Å²) >= 11 is 0. The topological polar surface area (TPSA) is 29.5 Å². The van der Waals surface area contributed by atoms with Gasteiger partial charge in [0.15, 0.2) is 0 Å². The van der Waals surface area contributed by atoms with Gasteiger partial charge in [-0.05, 0) is 37.0 Å². The molecule has 2 aromatic carbocycles. The molecule has 1 aliphatic rings. The van der Waals surface area contributed by atoms with Crippen molar-refractivity contribution in [1.29, 1.82) is 0 Å². The summed E-state index contributed by atoms with van der Waals surface area (Å²) in [6, 6.07) is 20.1. The second kappa shape index (κ2) is 8.50. The van der Waals surface area contributed by atoms with Crippen molar-refractivity contribution in [3.8, 4) is 11.8 Å². The molecule has 0 radical (unpaired) electrons. The Bertz CT molecular complexity index is 746. The second-order valence-corrected chi connectivity index (χ2v) is 6.26. The molecule has 3 heteroatoms. The van der Waals surface area contributed by atoms with Gasteiger partial charge < -0.3 is 4.74 Å². The zero-order chi connectivity index (χ0) is 17.5. The van der Waals surface area contributed by atoms with Gasteiger partial charge in [-0.1, -0.05) is 60.4 Å². The van der Waals surface area contributed by atoms with Crippen molar-refractivity contribution in [3.63, 3.8) is 0 Å². The number of rotatable bonds is 4. The van der Waals surface area contributed by atoms with Crippen molar-refractivity contribution in [2.75, 3.05) is 13.7 Å². The summed E-state index contributed by atoms with van der Waals surface area (Å²) in [7, 11) is 1.46. The van der Waals surface area contributed by atoms with Gasteiger partial charge in [0.05, 0.1) is 13.2 Å². The Kier molecular flexibility index (Phi) is 5.87. The maximum absolute atomic E-state index is 12.1. The molecule has 2 aromatic rings. The fourth-order valence-electron chi connectivity index (χ4n) is 3.33. The Morgan fingerprint density at radius 3 is 2.52 bits per heavy atom. The summed E-state index contributed by atoms with van der Waals surface area (Å²) in [6.45, 7) is 0.876. The summed E-state index contributed by atoms with van der Waals surface area (Å²) in [4.78, 5) is 14.3. The largest absolute Gasteiger partial charge is 0.468 e. The minimum Gasteiger partial charge on any atom is -0.468 e. The predicted octanol–water partition coefficient (Wildman–Crippen LogP) is 3.29. The molecule has 0 amide bonds. The van der Waals surface area contributed by atoms with E-state index in [-0.39, 0.29) is 18.1 Å². The van der Waals surface area contributed by atoms with Crippen LogP contribution in [0.2, 0.25) is 0 Å². The van der Waals surface area contributed by atoms with Gasteiger partial charge in [0.25, 0.3) is 0 Å². The van der Waals surface area contributed by atoms with E-state index in [1.165, 1.54) is 12.7 Å². The number of ether oxygens (including phenoxy) is 1. The number of carbonyl (C=O) groups is 1. The highest BCUT2D eigenvalue weighted by Gasteiger charge is 2.35. The van der Waals surface area contributed by atoms with Crippen molar-refractivity contribution >= 4 is 5.97 Å². The fourth-order valence-corrected chi connectivity index (χ4v) is 3.33. The van der Waals surface area contributed by atoms with Crippen LogP contribution < -0.4 is 0 Å². The first-order valence-corrected chi connectivity index (χ1v) is 8.72. The number of hydrogen-bond acceptors (Lipinski definition) is 3. The molecule has 3 nitrogen and oxygen atoms in total. The Labute approximate surface area is 149 Å². The lowest BCUT2D eigenvalue weighted by Gasteiger charge is -2.28. The van der Waals surface area contributed by atoms with Crippen molar-refractivity contribution in [3.05, 3.63) is 71.8 Å². The van der Waals surface area contributed by atoms with E-state index in [2.05, 4.69) is 28.9 Å². The Balaban J connectivity index is 1.86. The van der Waals surface area contributed by atoms with Crippen LogP contribution in [0, 0.1) is 11.8 Å². The number of nitrogens with zero attached hydrogens (tertiary/aromatic N) is 1. The lowest BCUT2D eigenvalue weighted by atomic mass is 10.0. The molecule has 1 heterocycles. The molecule has 2 atom stereocenters. The molecule has 0 aliphatic carbocycles. The highest BCUT2D eigenvalue weighted by Crippen LogP contribution is 2.23. The van der Waals surface area contributed by atoms with Gasteiger partial charge in [-0.25, -0.2) is 0 Å². The Morgan fingerprint density at radius 2 is 1.84 bits per heavy atom. The lowest BCUT2D eigenvalue weighted by molar-refractivity contribution is -0.146. The van der Waals surface area contributed by atoms with Crippen LogP contribution in [-0.4, -0.2) is 36.6 Å². The minimum absolute atomic E-state index is 0.00536. The van der Waals surface area contributed by atoms with E-state index < -0.39 is 0 Å². The molecule has 2 unspecified atom stereocenters. The smallest absolute Gasteiger partial charge is 0.323 e. The molecule has 1 saturated heterocycles. The number of benzene rings is 2. The molecule has 1 aliphatic heterocycles. The number of likely N-dealkylation sites (tertiary alicyclic amines) is 1. The molecule has 3 rings (SSSR count). The molecular weight excluding hydrogens is 310 g/mol. The second-order valence-electron chi connectivity index (χ2n) is 6.26. The molecule has 1 fully saturated rings.